The van der Waals surface area contributed by atoms with Crippen molar-refractivity contribution in [3.05, 3.63) is 237 Å². The molecule has 2 heterocycles. The first-order valence-corrected chi connectivity index (χ1v) is 31.4. The predicted octanol–water partition coefficient (Wildman–Crippen LogP) is 20.3. The summed E-state index contributed by atoms with van der Waals surface area (Å²) in [6, 6.07) is 69.4. The summed E-state index contributed by atoms with van der Waals surface area (Å²) in [6.07, 6.45) is 1.11. The minimum atomic E-state index is -0.255. The minimum Gasteiger partial charge on any atom is -0.311 e. The Bertz CT molecular complexity index is 4110. The number of aryl methyl sites for hydroxylation is 2. The monoisotopic (exact) mass is 1110 g/mol. The van der Waals surface area contributed by atoms with Crippen LogP contribution in [-0.4, -0.2) is 6.71 Å². The second kappa shape index (κ2) is 19.0. The zero-order valence-electron chi connectivity index (χ0n) is 54.4. The van der Waals surface area contributed by atoms with Crippen LogP contribution >= 0.6 is 0 Å². The summed E-state index contributed by atoms with van der Waals surface area (Å²) in [4.78, 5) is 7.89. The molecule has 9 aromatic rings. The maximum absolute atomic E-state index is 2.72. The summed E-state index contributed by atoms with van der Waals surface area (Å²) in [6.45, 7) is 45.1. The number of fused-ring (bicyclic) bond motifs is 7. The average Bonchev–Trinajstić information content (AvgIpc) is 0.972. The van der Waals surface area contributed by atoms with Crippen LogP contribution in [0.2, 0.25) is 0 Å². The van der Waals surface area contributed by atoms with Crippen LogP contribution in [0, 0.1) is 13.8 Å². The predicted molar refractivity (Wildman–Crippen MR) is 368 cm³/mol. The molecule has 0 fully saturated rings. The van der Waals surface area contributed by atoms with Crippen LogP contribution in [0.4, 0.5) is 51.2 Å². The topological polar surface area (TPSA) is 9.72 Å². The quantitative estimate of drug-likeness (QED) is 0.154. The number of nitrogens with zero attached hydrogens (tertiary/aromatic N) is 3. The van der Waals surface area contributed by atoms with Crippen molar-refractivity contribution in [1.29, 1.82) is 0 Å². The van der Waals surface area contributed by atoms with Gasteiger partial charge in [0, 0.05) is 61.9 Å². The van der Waals surface area contributed by atoms with Gasteiger partial charge in [-0.2, -0.15) is 0 Å². The highest BCUT2D eigenvalue weighted by Crippen LogP contribution is 2.56. The summed E-state index contributed by atoms with van der Waals surface area (Å²) in [5, 5.41) is 0. The van der Waals surface area contributed by atoms with E-state index in [1.165, 1.54) is 123 Å². The van der Waals surface area contributed by atoms with Crippen molar-refractivity contribution in [3.63, 3.8) is 0 Å². The van der Waals surface area contributed by atoms with Crippen molar-refractivity contribution in [1.82, 2.24) is 0 Å². The number of hydrogen-bond donors (Lipinski definition) is 0. The third kappa shape index (κ3) is 8.96. The molecular formula is C81H88BN3. The molecule has 0 saturated carbocycles. The highest BCUT2D eigenvalue weighted by atomic mass is 15.2. The van der Waals surface area contributed by atoms with E-state index in [-0.39, 0.29) is 44.6 Å². The lowest BCUT2D eigenvalue weighted by molar-refractivity contribution is 0.403. The van der Waals surface area contributed by atoms with Gasteiger partial charge in [-0.05, 0) is 203 Å². The fraction of sp³-hybridized carbons (Fsp3) is 0.333. The Morgan fingerprint density at radius 3 is 1.38 bits per heavy atom. The first kappa shape index (κ1) is 56.6. The molecule has 0 aromatic heterocycles. The van der Waals surface area contributed by atoms with E-state index in [1.54, 1.807) is 0 Å². The molecule has 3 nitrogen and oxygen atoms in total. The molecule has 2 aliphatic heterocycles. The third-order valence-corrected chi connectivity index (χ3v) is 20.3. The summed E-state index contributed by atoms with van der Waals surface area (Å²) >= 11 is 0. The van der Waals surface area contributed by atoms with E-state index in [0.29, 0.717) is 0 Å². The second-order valence-electron chi connectivity index (χ2n) is 31.2. The molecule has 0 bridgehead atoms. The van der Waals surface area contributed by atoms with Gasteiger partial charge in [-0.1, -0.05) is 221 Å². The van der Waals surface area contributed by atoms with Crippen LogP contribution in [0.5, 0.6) is 0 Å². The van der Waals surface area contributed by atoms with Gasteiger partial charge in [-0.3, -0.25) is 0 Å². The SMILES string of the molecule is Cc1cc2c3c(c1)N(c1ccc(C(C)(C)C)cc1-c1ccccc1)c1cc(N(c4ccc(C(C)(C)C)cc4)c4ccc(C(C)(C)C)cc4)ccc1B3c1cc3c(cc1N2c1cc2c(cc1C)C(C)(C)CC2(C)C)C(C)(C)c1ccccc1C3(C)C. The Kier molecular flexibility index (Phi) is 12.6. The number of anilines is 9. The lowest BCUT2D eigenvalue weighted by atomic mass is 9.33. The molecule has 0 spiro atoms. The van der Waals surface area contributed by atoms with Crippen molar-refractivity contribution in [3.8, 4) is 11.1 Å². The van der Waals surface area contributed by atoms with Crippen LogP contribution in [0.15, 0.2) is 176 Å². The van der Waals surface area contributed by atoms with E-state index < -0.39 is 0 Å². The van der Waals surface area contributed by atoms with Crippen molar-refractivity contribution >= 4 is 74.3 Å². The Hall–Kier alpha value is -7.56. The molecule has 430 valence electrons. The fourth-order valence-electron chi connectivity index (χ4n) is 15.8. The summed E-state index contributed by atoms with van der Waals surface area (Å²) in [5.74, 6) is 0. The van der Waals surface area contributed by atoms with E-state index in [2.05, 4.69) is 322 Å². The van der Waals surface area contributed by atoms with Crippen LogP contribution in [0.1, 0.15) is 185 Å². The lowest BCUT2D eigenvalue weighted by Crippen LogP contribution is -2.62. The number of hydrogen-bond acceptors (Lipinski definition) is 3. The molecule has 2 aliphatic carbocycles. The van der Waals surface area contributed by atoms with Gasteiger partial charge in [0.25, 0.3) is 6.71 Å². The summed E-state index contributed by atoms with van der Waals surface area (Å²) in [7, 11) is 0. The Labute approximate surface area is 510 Å². The van der Waals surface area contributed by atoms with E-state index >= 15 is 0 Å². The largest absolute Gasteiger partial charge is 0.311 e. The molecule has 0 saturated heterocycles. The molecule has 4 aliphatic rings. The van der Waals surface area contributed by atoms with Gasteiger partial charge in [0.15, 0.2) is 0 Å². The molecular weight excluding hydrogens is 1030 g/mol. The Morgan fingerprint density at radius 1 is 0.376 bits per heavy atom. The minimum absolute atomic E-state index is 0.0116. The van der Waals surface area contributed by atoms with Crippen LogP contribution in [0.3, 0.4) is 0 Å². The van der Waals surface area contributed by atoms with Gasteiger partial charge in [0.1, 0.15) is 0 Å². The maximum Gasteiger partial charge on any atom is 0.252 e. The normalized spacial score (nSPS) is 16.7. The van der Waals surface area contributed by atoms with Crippen molar-refractivity contribution in [2.75, 3.05) is 14.7 Å². The zero-order valence-corrected chi connectivity index (χ0v) is 54.4. The lowest BCUT2D eigenvalue weighted by Gasteiger charge is -2.48. The van der Waals surface area contributed by atoms with Gasteiger partial charge in [0.05, 0.1) is 5.69 Å². The van der Waals surface area contributed by atoms with E-state index in [1.807, 2.05) is 0 Å². The smallest absolute Gasteiger partial charge is 0.252 e. The fourth-order valence-corrected chi connectivity index (χ4v) is 15.8. The van der Waals surface area contributed by atoms with Gasteiger partial charge in [0.2, 0.25) is 0 Å². The molecule has 0 atom stereocenters. The molecule has 0 unspecified atom stereocenters. The third-order valence-electron chi connectivity index (χ3n) is 20.3. The van der Waals surface area contributed by atoms with Crippen LogP contribution < -0.4 is 31.1 Å². The average molecular weight is 1110 g/mol. The Morgan fingerprint density at radius 2 is 0.835 bits per heavy atom. The maximum atomic E-state index is 2.72. The summed E-state index contributed by atoms with van der Waals surface area (Å²) in [5.41, 5.74) is 31.8. The standard InChI is InChI=1S/C81H88BN3/c1-50-41-72-74-73(42-50)85(69-47-63-62(43-51(69)2)78(12,13)49-79(63,14)15)71-48-65-64(80(16,17)60-27-23-24-28-61(60)81(65,18)19)46-67(71)82(74)66-39-38-58(45-70(66)84(72)68-40-33-55(77(9,10)11)44-59(68)52-25-21-20-22-26-52)83(56-34-29-53(30-35-56)75(3,4)5)57-36-31-54(32-37-57)76(6,7)8/h20-48H,49H2,1-19H3. The molecule has 4 heteroatoms. The second-order valence-corrected chi connectivity index (χ2v) is 31.2. The summed E-state index contributed by atoms with van der Waals surface area (Å²) < 4.78 is 0. The van der Waals surface area contributed by atoms with Gasteiger partial charge < -0.3 is 14.7 Å². The van der Waals surface area contributed by atoms with E-state index in [9.17, 15) is 0 Å². The Balaban J connectivity index is 1.15. The van der Waals surface area contributed by atoms with Crippen LogP contribution in [0.25, 0.3) is 11.1 Å². The van der Waals surface area contributed by atoms with Crippen molar-refractivity contribution in [2.45, 2.75) is 176 Å². The number of rotatable bonds is 6. The first-order valence-electron chi connectivity index (χ1n) is 31.4. The molecule has 0 N–H and O–H groups in total. The molecule has 0 radical (unpaired) electrons. The van der Waals surface area contributed by atoms with Crippen molar-refractivity contribution < 1.29 is 0 Å². The highest BCUT2D eigenvalue weighted by Gasteiger charge is 2.50. The van der Waals surface area contributed by atoms with Crippen molar-refractivity contribution in [2.24, 2.45) is 0 Å². The molecule has 13 rings (SSSR count). The zero-order chi connectivity index (χ0) is 60.5. The van der Waals surface area contributed by atoms with Crippen LogP contribution in [-0.2, 0) is 37.9 Å². The molecule has 9 aromatic carbocycles. The number of benzene rings is 9. The first-order chi connectivity index (χ1) is 39.9. The van der Waals surface area contributed by atoms with Gasteiger partial charge >= 0.3 is 0 Å². The molecule has 85 heavy (non-hydrogen) atoms. The van der Waals surface area contributed by atoms with Gasteiger partial charge in [-0.25, -0.2) is 0 Å². The van der Waals surface area contributed by atoms with Gasteiger partial charge in [-0.15, -0.1) is 0 Å². The molecule has 0 amide bonds. The van der Waals surface area contributed by atoms with E-state index in [0.717, 1.165) is 23.5 Å². The van der Waals surface area contributed by atoms with E-state index in [4.69, 9.17) is 0 Å². The highest BCUT2D eigenvalue weighted by molar-refractivity contribution is 7.00.